The Morgan fingerprint density at radius 2 is 0.955 bits per heavy atom. The van der Waals surface area contributed by atoms with Crippen molar-refractivity contribution in [1.29, 1.82) is 0 Å². The van der Waals surface area contributed by atoms with Gasteiger partial charge in [-0.3, -0.25) is 0 Å². The Labute approximate surface area is 144 Å². The molecule has 22 heavy (non-hydrogen) atoms. The van der Waals surface area contributed by atoms with Crippen LogP contribution in [0.25, 0.3) is 0 Å². The first-order valence-electron chi connectivity index (χ1n) is 8.87. The summed E-state index contributed by atoms with van der Waals surface area (Å²) in [5, 5.41) is 1.02. The molecule has 1 unspecified atom stereocenters. The molecule has 0 aromatic heterocycles. The fourth-order valence-electron chi connectivity index (χ4n) is 2.28. The highest BCUT2D eigenvalue weighted by atomic mass is 28.4. The Kier molecular flexibility index (Phi) is 6.33. The van der Waals surface area contributed by atoms with Crippen molar-refractivity contribution >= 4 is 24.7 Å². The van der Waals surface area contributed by atoms with Gasteiger partial charge < -0.3 is 4.12 Å². The van der Waals surface area contributed by atoms with Gasteiger partial charge in [0.15, 0.2) is 16.6 Å². The number of rotatable bonds is 4. The van der Waals surface area contributed by atoms with Gasteiger partial charge in [0.2, 0.25) is 0 Å². The van der Waals surface area contributed by atoms with E-state index in [0.29, 0.717) is 10.1 Å². The first kappa shape index (κ1) is 22.6. The fraction of sp³-hybridized carbons (Fsp3) is 1.00. The van der Waals surface area contributed by atoms with Crippen LogP contribution in [0.15, 0.2) is 0 Å². The van der Waals surface area contributed by atoms with Crippen LogP contribution >= 0.6 is 0 Å². The molecule has 0 aliphatic rings. The molecule has 0 radical (unpaired) electrons. The molecular weight excluding hydrogens is 316 g/mol. The van der Waals surface area contributed by atoms with E-state index < -0.39 is 24.7 Å². The maximum atomic E-state index is 7.20. The zero-order valence-electron chi connectivity index (χ0n) is 18.1. The van der Waals surface area contributed by atoms with Crippen molar-refractivity contribution in [2.45, 2.75) is 116 Å². The third-order valence-electron chi connectivity index (χ3n) is 6.68. The van der Waals surface area contributed by atoms with Gasteiger partial charge in [-0.1, -0.05) is 75.4 Å². The summed E-state index contributed by atoms with van der Waals surface area (Å²) < 4.78 is 7.20. The smallest absolute Gasteiger partial charge is 0.179 e. The number of hydrogen-bond acceptors (Lipinski definition) is 1. The molecule has 1 atom stereocenters. The molecule has 0 bridgehead atoms. The van der Waals surface area contributed by atoms with Crippen LogP contribution in [0.5, 0.6) is 0 Å². The molecule has 1 nitrogen and oxygen atoms in total. The molecule has 0 aliphatic heterocycles. The van der Waals surface area contributed by atoms with E-state index in [1.165, 1.54) is 5.67 Å². The van der Waals surface area contributed by atoms with Crippen molar-refractivity contribution in [3.8, 4) is 0 Å². The van der Waals surface area contributed by atoms with Crippen molar-refractivity contribution in [2.24, 2.45) is 0 Å². The molecule has 0 N–H and O–H groups in total. The summed E-state index contributed by atoms with van der Waals surface area (Å²) in [6, 6.07) is 0. The summed E-state index contributed by atoms with van der Waals surface area (Å²) in [5.41, 5.74) is 1.36. The zero-order chi connectivity index (χ0) is 18.4. The SMILES string of the molecule is CC(C)(C)[Si](C)(C)C[Si](C)(O[Si](C)(C)C(C)(C)C)C(C)(C)C. The maximum Gasteiger partial charge on any atom is 0.179 e. The summed E-state index contributed by atoms with van der Waals surface area (Å²) in [4.78, 5) is 0. The zero-order valence-corrected chi connectivity index (χ0v) is 21.1. The quantitative estimate of drug-likeness (QED) is 0.473. The summed E-state index contributed by atoms with van der Waals surface area (Å²) >= 11 is 0. The van der Waals surface area contributed by atoms with E-state index in [2.05, 4.69) is 95.0 Å². The third-order valence-corrected chi connectivity index (χ3v) is 27.6. The van der Waals surface area contributed by atoms with Crippen LogP contribution in [0.2, 0.25) is 53.5 Å². The molecule has 0 saturated carbocycles. The molecule has 0 saturated heterocycles. The van der Waals surface area contributed by atoms with Crippen LogP contribution in [-0.2, 0) is 4.12 Å². The van der Waals surface area contributed by atoms with Gasteiger partial charge in [0, 0.05) is 0 Å². The molecule has 0 aliphatic carbocycles. The largest absolute Gasteiger partial charge is 0.455 e. The minimum absolute atomic E-state index is 0.290. The predicted molar refractivity (Wildman–Crippen MR) is 112 cm³/mol. The molecule has 0 fully saturated rings. The van der Waals surface area contributed by atoms with Gasteiger partial charge in [-0.2, -0.15) is 0 Å². The van der Waals surface area contributed by atoms with Gasteiger partial charge in [0.05, 0.1) is 8.07 Å². The average molecular weight is 361 g/mol. The van der Waals surface area contributed by atoms with Crippen LogP contribution in [0.3, 0.4) is 0 Å². The van der Waals surface area contributed by atoms with E-state index in [-0.39, 0.29) is 5.04 Å². The fourth-order valence-corrected chi connectivity index (χ4v) is 21.2. The second kappa shape index (κ2) is 6.16. The average Bonchev–Trinajstić information content (AvgIpc) is 2.08. The lowest BCUT2D eigenvalue weighted by Crippen LogP contribution is -2.59. The summed E-state index contributed by atoms with van der Waals surface area (Å²) in [7, 11) is -4.89. The first-order chi connectivity index (χ1) is 9.16. The van der Waals surface area contributed by atoms with Crippen LogP contribution in [0.4, 0.5) is 0 Å². The van der Waals surface area contributed by atoms with Gasteiger partial charge in [-0.25, -0.2) is 0 Å². The monoisotopic (exact) mass is 360 g/mol. The van der Waals surface area contributed by atoms with E-state index in [4.69, 9.17) is 4.12 Å². The van der Waals surface area contributed by atoms with Crippen LogP contribution in [0, 0.1) is 0 Å². The highest BCUT2D eigenvalue weighted by Gasteiger charge is 2.53. The van der Waals surface area contributed by atoms with E-state index in [1.807, 2.05) is 0 Å². The van der Waals surface area contributed by atoms with Crippen molar-refractivity contribution in [1.82, 2.24) is 0 Å². The Hall–Kier alpha value is 0.611. The van der Waals surface area contributed by atoms with Crippen molar-refractivity contribution in [2.75, 3.05) is 0 Å². The molecule has 0 spiro atoms. The second-order valence-electron chi connectivity index (χ2n) is 11.7. The third kappa shape index (κ3) is 5.05. The minimum atomic E-state index is -1.82. The lowest BCUT2D eigenvalue weighted by atomic mass is 10.2. The first-order valence-corrected chi connectivity index (χ1v) is 17.6. The van der Waals surface area contributed by atoms with Crippen LogP contribution < -0.4 is 0 Å². The van der Waals surface area contributed by atoms with Crippen LogP contribution in [-0.4, -0.2) is 24.7 Å². The lowest BCUT2D eigenvalue weighted by molar-refractivity contribution is 0.445. The summed E-state index contributed by atoms with van der Waals surface area (Å²) in [6.45, 7) is 34.2. The predicted octanol–water partition coefficient (Wildman–Crippen LogP) is 7.43. The van der Waals surface area contributed by atoms with E-state index >= 15 is 0 Å². The summed E-state index contributed by atoms with van der Waals surface area (Å²) in [5.74, 6) is 0. The van der Waals surface area contributed by atoms with Crippen molar-refractivity contribution < 1.29 is 4.12 Å². The Morgan fingerprint density at radius 1 is 0.591 bits per heavy atom. The molecular formula is C18H44OSi3. The maximum absolute atomic E-state index is 7.20. The molecule has 0 heterocycles. The summed E-state index contributed by atoms with van der Waals surface area (Å²) in [6.07, 6.45) is 0. The topological polar surface area (TPSA) is 9.23 Å². The lowest BCUT2D eigenvalue weighted by Gasteiger charge is -2.53. The van der Waals surface area contributed by atoms with Gasteiger partial charge in [0.1, 0.15) is 0 Å². The standard InChI is InChI=1S/C18H44OSi3/c1-16(2,3)20(10,11)15-22(14,18(7,8)9)19-21(12,13)17(4,5)6/h15H2,1-14H3. The Balaban J connectivity index is 5.76. The highest BCUT2D eigenvalue weighted by Crippen LogP contribution is 2.51. The Morgan fingerprint density at radius 3 is 1.18 bits per heavy atom. The normalized spacial score (nSPS) is 18.3. The van der Waals surface area contributed by atoms with Gasteiger partial charge in [0.25, 0.3) is 0 Å². The number of hydrogen-bond donors (Lipinski definition) is 0. The van der Waals surface area contributed by atoms with E-state index in [9.17, 15) is 0 Å². The van der Waals surface area contributed by atoms with Crippen molar-refractivity contribution in [3.63, 3.8) is 0 Å². The van der Waals surface area contributed by atoms with E-state index in [1.54, 1.807) is 0 Å². The second-order valence-corrected chi connectivity index (χ2v) is 27.6. The molecule has 0 aromatic rings. The molecule has 4 heteroatoms. The molecule has 0 rings (SSSR count). The Bertz CT molecular complexity index is 351. The van der Waals surface area contributed by atoms with Crippen molar-refractivity contribution in [3.05, 3.63) is 0 Å². The minimum Gasteiger partial charge on any atom is -0.455 e. The molecule has 0 aromatic carbocycles. The molecule has 0 amide bonds. The van der Waals surface area contributed by atoms with Crippen LogP contribution in [0.1, 0.15) is 62.3 Å². The molecule has 134 valence electrons. The van der Waals surface area contributed by atoms with Gasteiger partial charge in [-0.15, -0.1) is 0 Å². The van der Waals surface area contributed by atoms with Gasteiger partial charge in [-0.05, 0) is 40.4 Å². The van der Waals surface area contributed by atoms with Gasteiger partial charge >= 0.3 is 0 Å². The highest BCUT2D eigenvalue weighted by molar-refractivity contribution is 6.99. The van der Waals surface area contributed by atoms with E-state index in [0.717, 1.165) is 0 Å².